The summed E-state index contributed by atoms with van der Waals surface area (Å²) in [5.41, 5.74) is 5.73. The Bertz CT molecular complexity index is 1080. The van der Waals surface area contributed by atoms with Gasteiger partial charge in [0.15, 0.2) is 5.65 Å². The third kappa shape index (κ3) is 2.20. The van der Waals surface area contributed by atoms with Crippen molar-refractivity contribution in [3.63, 3.8) is 0 Å². The Hall–Kier alpha value is -3.59. The van der Waals surface area contributed by atoms with Crippen LogP contribution in [0.15, 0.2) is 49.2 Å². The fourth-order valence-corrected chi connectivity index (χ4v) is 2.85. The molecule has 0 aliphatic heterocycles. The number of aromatic nitrogens is 5. The van der Waals surface area contributed by atoms with Crippen molar-refractivity contribution in [2.45, 2.75) is 6.92 Å². The van der Waals surface area contributed by atoms with Crippen LogP contribution in [0.25, 0.3) is 33.4 Å². The molecular weight excluding hydrogens is 300 g/mol. The molecular formula is C18H12N6. The van der Waals surface area contributed by atoms with Gasteiger partial charge in [-0.25, -0.2) is 15.0 Å². The van der Waals surface area contributed by atoms with Crippen LogP contribution in [0, 0.1) is 18.3 Å². The van der Waals surface area contributed by atoms with E-state index in [4.69, 9.17) is 0 Å². The minimum atomic E-state index is 0.571. The zero-order chi connectivity index (χ0) is 16.5. The summed E-state index contributed by atoms with van der Waals surface area (Å²) in [5, 5.41) is 17.3. The summed E-state index contributed by atoms with van der Waals surface area (Å²) in [4.78, 5) is 12.7. The van der Waals surface area contributed by atoms with Gasteiger partial charge in [-0.05, 0) is 36.2 Å². The van der Waals surface area contributed by atoms with Gasteiger partial charge in [0.2, 0.25) is 0 Å². The fourth-order valence-electron chi connectivity index (χ4n) is 2.85. The molecule has 24 heavy (non-hydrogen) atoms. The van der Waals surface area contributed by atoms with Crippen molar-refractivity contribution < 1.29 is 0 Å². The molecule has 3 heterocycles. The summed E-state index contributed by atoms with van der Waals surface area (Å²) in [7, 11) is 0. The molecule has 0 saturated carbocycles. The number of nitrogens with one attached hydrogen (secondary N) is 1. The molecule has 0 bridgehead atoms. The lowest BCUT2D eigenvalue weighted by Gasteiger charge is -2.14. The quantitative estimate of drug-likeness (QED) is 0.613. The lowest BCUT2D eigenvalue weighted by molar-refractivity contribution is 1.10. The molecule has 0 aliphatic carbocycles. The SMILES string of the molecule is Cc1ccc(C#N)c(-c2ccncn2)c1-c1cnc2[nH]ncc2c1. The van der Waals surface area contributed by atoms with Crippen LogP contribution in [0.4, 0.5) is 0 Å². The number of nitrogens with zero attached hydrogens (tertiary/aromatic N) is 5. The molecule has 0 atom stereocenters. The standard InChI is InChI=1S/C18H12N6/c1-11-2-3-12(7-19)17(15-4-5-20-10-22-15)16(11)13-6-14-9-23-24-18(14)21-8-13/h2-6,8-10H,1H3,(H,21,23,24). The van der Waals surface area contributed by atoms with Crippen LogP contribution in [0.3, 0.4) is 0 Å². The van der Waals surface area contributed by atoms with Gasteiger partial charge in [0, 0.05) is 28.9 Å². The highest BCUT2D eigenvalue weighted by molar-refractivity contribution is 5.90. The van der Waals surface area contributed by atoms with Gasteiger partial charge >= 0.3 is 0 Å². The van der Waals surface area contributed by atoms with E-state index in [1.165, 1.54) is 6.33 Å². The van der Waals surface area contributed by atoms with Crippen LogP contribution >= 0.6 is 0 Å². The predicted octanol–water partition coefficient (Wildman–Crippen LogP) is 3.26. The first-order valence-electron chi connectivity index (χ1n) is 7.37. The number of aryl methyl sites for hydroxylation is 1. The number of hydrogen-bond acceptors (Lipinski definition) is 5. The van der Waals surface area contributed by atoms with Crippen molar-refractivity contribution in [2.24, 2.45) is 0 Å². The molecule has 0 aliphatic rings. The lowest BCUT2D eigenvalue weighted by Crippen LogP contribution is -1.96. The van der Waals surface area contributed by atoms with Crippen molar-refractivity contribution in [2.75, 3.05) is 0 Å². The van der Waals surface area contributed by atoms with E-state index in [9.17, 15) is 5.26 Å². The normalized spacial score (nSPS) is 10.7. The molecule has 0 spiro atoms. The molecule has 4 aromatic rings. The van der Waals surface area contributed by atoms with Crippen LogP contribution in [0.1, 0.15) is 11.1 Å². The molecule has 0 amide bonds. The van der Waals surface area contributed by atoms with Crippen molar-refractivity contribution in [3.05, 3.63) is 60.3 Å². The monoisotopic (exact) mass is 312 g/mol. The minimum Gasteiger partial charge on any atom is -0.261 e. The number of benzene rings is 1. The molecule has 1 aromatic carbocycles. The average molecular weight is 312 g/mol. The van der Waals surface area contributed by atoms with Crippen molar-refractivity contribution in [1.82, 2.24) is 25.1 Å². The van der Waals surface area contributed by atoms with Crippen LogP contribution in [-0.2, 0) is 0 Å². The van der Waals surface area contributed by atoms with Gasteiger partial charge in [0.05, 0.1) is 23.5 Å². The van der Waals surface area contributed by atoms with Crippen LogP contribution in [0.2, 0.25) is 0 Å². The lowest BCUT2D eigenvalue weighted by atomic mass is 9.90. The number of H-pyrrole nitrogens is 1. The van der Waals surface area contributed by atoms with E-state index in [1.807, 2.05) is 31.2 Å². The zero-order valence-corrected chi connectivity index (χ0v) is 12.9. The molecule has 6 nitrogen and oxygen atoms in total. The molecule has 0 fully saturated rings. The summed E-state index contributed by atoms with van der Waals surface area (Å²) >= 11 is 0. The summed E-state index contributed by atoms with van der Waals surface area (Å²) in [6.45, 7) is 2.01. The minimum absolute atomic E-state index is 0.571. The van der Waals surface area contributed by atoms with E-state index >= 15 is 0 Å². The van der Waals surface area contributed by atoms with E-state index in [1.54, 1.807) is 18.6 Å². The van der Waals surface area contributed by atoms with Gasteiger partial charge < -0.3 is 0 Å². The van der Waals surface area contributed by atoms with Gasteiger partial charge in [-0.1, -0.05) is 6.07 Å². The molecule has 0 unspecified atom stereocenters. The first-order valence-corrected chi connectivity index (χ1v) is 7.37. The van der Waals surface area contributed by atoms with Crippen molar-refractivity contribution in [3.8, 4) is 28.5 Å². The second-order valence-electron chi connectivity index (χ2n) is 5.42. The average Bonchev–Trinajstić information content (AvgIpc) is 3.10. The van der Waals surface area contributed by atoms with E-state index in [0.29, 0.717) is 11.3 Å². The maximum Gasteiger partial charge on any atom is 0.155 e. The van der Waals surface area contributed by atoms with Gasteiger partial charge in [0.25, 0.3) is 0 Å². The molecule has 0 saturated heterocycles. The summed E-state index contributed by atoms with van der Waals surface area (Å²) in [5.74, 6) is 0. The number of nitriles is 1. The number of fused-ring (bicyclic) bond motifs is 1. The van der Waals surface area contributed by atoms with E-state index < -0.39 is 0 Å². The maximum atomic E-state index is 9.56. The van der Waals surface area contributed by atoms with Gasteiger partial charge in [-0.3, -0.25) is 5.10 Å². The Morgan fingerprint density at radius 3 is 2.79 bits per heavy atom. The highest BCUT2D eigenvalue weighted by atomic mass is 15.1. The summed E-state index contributed by atoms with van der Waals surface area (Å²) in [6, 6.07) is 9.85. The molecule has 114 valence electrons. The first-order chi connectivity index (χ1) is 11.8. The molecule has 4 rings (SSSR count). The molecule has 6 heteroatoms. The van der Waals surface area contributed by atoms with Crippen molar-refractivity contribution >= 4 is 11.0 Å². The Balaban J connectivity index is 2.05. The Labute approximate surface area is 137 Å². The third-order valence-corrected chi connectivity index (χ3v) is 3.95. The molecule has 1 N–H and O–H groups in total. The Kier molecular flexibility index (Phi) is 3.25. The van der Waals surface area contributed by atoms with E-state index in [-0.39, 0.29) is 0 Å². The van der Waals surface area contributed by atoms with E-state index in [0.717, 1.165) is 33.3 Å². The smallest absolute Gasteiger partial charge is 0.155 e. The number of rotatable bonds is 2. The summed E-state index contributed by atoms with van der Waals surface area (Å²) in [6.07, 6.45) is 6.68. The highest BCUT2D eigenvalue weighted by Crippen LogP contribution is 2.36. The predicted molar refractivity (Wildman–Crippen MR) is 89.8 cm³/mol. The maximum absolute atomic E-state index is 9.56. The zero-order valence-electron chi connectivity index (χ0n) is 12.9. The van der Waals surface area contributed by atoms with Gasteiger partial charge in [-0.15, -0.1) is 0 Å². The highest BCUT2D eigenvalue weighted by Gasteiger charge is 2.17. The first kappa shape index (κ1) is 14.0. The fraction of sp³-hybridized carbons (Fsp3) is 0.0556. The summed E-state index contributed by atoms with van der Waals surface area (Å²) < 4.78 is 0. The molecule has 3 aromatic heterocycles. The number of hydrogen-bond donors (Lipinski definition) is 1. The van der Waals surface area contributed by atoms with Gasteiger partial charge in [-0.2, -0.15) is 10.4 Å². The Morgan fingerprint density at radius 2 is 2.00 bits per heavy atom. The van der Waals surface area contributed by atoms with E-state index in [2.05, 4.69) is 31.2 Å². The Morgan fingerprint density at radius 1 is 1.08 bits per heavy atom. The largest absolute Gasteiger partial charge is 0.261 e. The topological polar surface area (TPSA) is 91.1 Å². The van der Waals surface area contributed by atoms with Crippen LogP contribution < -0.4 is 0 Å². The number of aromatic amines is 1. The number of pyridine rings is 1. The third-order valence-electron chi connectivity index (χ3n) is 3.95. The second kappa shape index (κ2) is 5.56. The molecule has 0 radical (unpaired) electrons. The van der Waals surface area contributed by atoms with Crippen LogP contribution in [-0.4, -0.2) is 25.1 Å². The van der Waals surface area contributed by atoms with Crippen molar-refractivity contribution in [1.29, 1.82) is 5.26 Å². The van der Waals surface area contributed by atoms with Gasteiger partial charge in [0.1, 0.15) is 6.33 Å². The second-order valence-corrected chi connectivity index (χ2v) is 5.42. The van der Waals surface area contributed by atoms with Crippen LogP contribution in [0.5, 0.6) is 0 Å².